The molecule has 0 aromatic heterocycles. The van der Waals surface area contributed by atoms with Crippen molar-refractivity contribution < 1.29 is 32.6 Å². The van der Waals surface area contributed by atoms with Crippen LogP contribution in [0.15, 0.2) is 71.6 Å². The normalized spacial score (nSPS) is 14.2. The highest BCUT2D eigenvalue weighted by Gasteiger charge is 2.40. The average Bonchev–Trinajstić information content (AvgIpc) is 2.88. The maximum Gasteiger partial charge on any atom is 0.338 e. The summed E-state index contributed by atoms with van der Waals surface area (Å²) in [5.41, 5.74) is 1.55. The van der Waals surface area contributed by atoms with Crippen LogP contribution in [0, 0.1) is 0 Å². The van der Waals surface area contributed by atoms with Crippen molar-refractivity contribution in [2.24, 2.45) is 0 Å². The Hall–Kier alpha value is -4.38. The zero-order chi connectivity index (χ0) is 26.0. The van der Waals surface area contributed by atoms with Crippen LogP contribution in [-0.2, 0) is 23.1 Å². The molecule has 3 aromatic carbocycles. The van der Waals surface area contributed by atoms with Gasteiger partial charge < -0.3 is 15.2 Å². The first kappa shape index (κ1) is 24.7. The lowest BCUT2D eigenvalue weighted by Gasteiger charge is -2.34. The Kier molecular flexibility index (Phi) is 6.67. The van der Waals surface area contributed by atoms with Crippen LogP contribution >= 0.6 is 0 Å². The number of carbonyl (C=O) groups excluding carboxylic acids is 2. The molecule has 0 spiro atoms. The molecule has 1 heterocycles. The van der Waals surface area contributed by atoms with Gasteiger partial charge in [0.1, 0.15) is 10.6 Å². The number of carbonyl (C=O) groups is 3. The van der Waals surface area contributed by atoms with Gasteiger partial charge in [0.05, 0.1) is 24.9 Å². The standard InChI is InChI=1S/C25H23N3O7S/c1-27-21-11-10-19(23(29)26-14-17-4-3-5-20(12-17)35-2)13-22(21)36(33,34)28(25(27)32)15-16-6-8-18(9-7-16)24(30)31/h3-13H,14-15H2,1-2H3,(H,26,29)(H,30,31). The van der Waals surface area contributed by atoms with Gasteiger partial charge in [-0.25, -0.2) is 22.3 Å². The maximum atomic E-state index is 13.4. The van der Waals surface area contributed by atoms with Crippen LogP contribution in [0.5, 0.6) is 5.75 Å². The van der Waals surface area contributed by atoms with Crippen LogP contribution in [0.1, 0.15) is 31.8 Å². The number of ether oxygens (including phenoxy) is 1. The Morgan fingerprint density at radius 3 is 2.33 bits per heavy atom. The van der Waals surface area contributed by atoms with Crippen molar-refractivity contribution in [2.45, 2.75) is 18.0 Å². The maximum absolute atomic E-state index is 13.4. The monoisotopic (exact) mass is 509 g/mol. The molecule has 0 radical (unpaired) electrons. The van der Waals surface area contributed by atoms with Gasteiger partial charge >= 0.3 is 12.0 Å². The fraction of sp³-hybridized carbons (Fsp3) is 0.160. The summed E-state index contributed by atoms with van der Waals surface area (Å²) < 4.78 is 32.7. The first-order valence-corrected chi connectivity index (χ1v) is 12.2. The topological polar surface area (TPSA) is 133 Å². The molecule has 186 valence electrons. The second-order valence-electron chi connectivity index (χ2n) is 8.07. The number of hydrogen-bond acceptors (Lipinski definition) is 6. The highest BCUT2D eigenvalue weighted by molar-refractivity contribution is 7.90. The molecule has 36 heavy (non-hydrogen) atoms. The number of nitrogens with one attached hydrogen (secondary N) is 1. The SMILES string of the molecule is COc1cccc(CNC(=O)c2ccc3c(c2)S(=O)(=O)N(Cc2ccc(C(=O)O)cc2)C(=O)N3C)c1. The summed E-state index contributed by atoms with van der Waals surface area (Å²) in [6.45, 7) is -0.0895. The van der Waals surface area contributed by atoms with Crippen molar-refractivity contribution in [3.05, 3.63) is 89.0 Å². The summed E-state index contributed by atoms with van der Waals surface area (Å²) in [7, 11) is -1.31. The molecule has 0 fully saturated rings. The molecular formula is C25H23N3O7S. The summed E-state index contributed by atoms with van der Waals surface area (Å²) >= 11 is 0. The minimum absolute atomic E-state index is 0.0404. The summed E-state index contributed by atoms with van der Waals surface area (Å²) in [5.74, 6) is -0.952. The predicted octanol–water partition coefficient (Wildman–Crippen LogP) is 3.08. The van der Waals surface area contributed by atoms with Gasteiger partial charge in [0.2, 0.25) is 0 Å². The van der Waals surface area contributed by atoms with E-state index in [0.717, 1.165) is 5.56 Å². The van der Waals surface area contributed by atoms with E-state index in [1.807, 2.05) is 6.07 Å². The number of anilines is 1. The number of amides is 3. The number of nitrogens with zero attached hydrogens (tertiary/aromatic N) is 2. The van der Waals surface area contributed by atoms with Crippen LogP contribution < -0.4 is 15.0 Å². The van der Waals surface area contributed by atoms with Gasteiger partial charge in [-0.05, 0) is 53.6 Å². The molecule has 1 aliphatic rings. The van der Waals surface area contributed by atoms with Crippen molar-refractivity contribution in [2.75, 3.05) is 19.1 Å². The highest BCUT2D eigenvalue weighted by atomic mass is 32.2. The summed E-state index contributed by atoms with van der Waals surface area (Å²) in [5, 5.41) is 11.8. The summed E-state index contributed by atoms with van der Waals surface area (Å²) in [4.78, 5) is 37.8. The largest absolute Gasteiger partial charge is 0.497 e. The smallest absolute Gasteiger partial charge is 0.338 e. The van der Waals surface area contributed by atoms with E-state index in [4.69, 9.17) is 9.84 Å². The first-order valence-electron chi connectivity index (χ1n) is 10.8. The third kappa shape index (κ3) is 4.73. The van der Waals surface area contributed by atoms with Crippen molar-refractivity contribution in [1.29, 1.82) is 0 Å². The van der Waals surface area contributed by atoms with Crippen molar-refractivity contribution in [3.63, 3.8) is 0 Å². The fourth-order valence-corrected chi connectivity index (χ4v) is 5.40. The number of carboxylic acids is 1. The lowest BCUT2D eigenvalue weighted by atomic mass is 10.1. The molecule has 0 unspecified atom stereocenters. The van der Waals surface area contributed by atoms with Gasteiger partial charge in [0.25, 0.3) is 15.9 Å². The van der Waals surface area contributed by atoms with E-state index in [-0.39, 0.29) is 34.8 Å². The molecule has 1 aliphatic heterocycles. The van der Waals surface area contributed by atoms with Crippen molar-refractivity contribution in [1.82, 2.24) is 9.62 Å². The van der Waals surface area contributed by atoms with E-state index in [2.05, 4.69) is 5.32 Å². The van der Waals surface area contributed by atoms with E-state index in [1.54, 1.807) is 25.3 Å². The zero-order valence-electron chi connectivity index (χ0n) is 19.5. The van der Waals surface area contributed by atoms with Crippen LogP contribution in [0.25, 0.3) is 0 Å². The number of rotatable bonds is 7. The molecule has 4 rings (SSSR count). The Morgan fingerprint density at radius 2 is 1.67 bits per heavy atom. The molecule has 0 saturated heterocycles. The number of benzene rings is 3. The third-order valence-electron chi connectivity index (χ3n) is 5.77. The number of sulfonamides is 1. The van der Waals surface area contributed by atoms with Gasteiger partial charge in [-0.1, -0.05) is 24.3 Å². The van der Waals surface area contributed by atoms with Crippen LogP contribution in [0.4, 0.5) is 10.5 Å². The van der Waals surface area contributed by atoms with E-state index < -0.39 is 27.9 Å². The lowest BCUT2D eigenvalue weighted by Crippen LogP contribution is -2.48. The lowest BCUT2D eigenvalue weighted by molar-refractivity contribution is 0.0696. The van der Waals surface area contributed by atoms with Gasteiger partial charge in [-0.3, -0.25) is 9.69 Å². The molecule has 3 amide bonds. The Labute approximate surface area is 207 Å². The molecule has 0 saturated carbocycles. The quantitative estimate of drug-likeness (QED) is 0.500. The predicted molar refractivity (Wildman–Crippen MR) is 131 cm³/mol. The van der Waals surface area contributed by atoms with Gasteiger partial charge in [-0.2, -0.15) is 0 Å². The van der Waals surface area contributed by atoms with E-state index in [1.165, 1.54) is 54.4 Å². The Morgan fingerprint density at radius 1 is 0.972 bits per heavy atom. The molecule has 10 nitrogen and oxygen atoms in total. The Bertz CT molecular complexity index is 1450. The van der Waals surface area contributed by atoms with Crippen LogP contribution in [0.2, 0.25) is 0 Å². The number of hydrogen-bond donors (Lipinski definition) is 2. The second-order valence-corrected chi connectivity index (χ2v) is 9.90. The van der Waals surface area contributed by atoms with Crippen LogP contribution in [-0.4, -0.2) is 49.9 Å². The molecule has 11 heteroatoms. The molecule has 3 aromatic rings. The number of aromatic carboxylic acids is 1. The number of methoxy groups -OCH3 is 1. The zero-order valence-corrected chi connectivity index (χ0v) is 20.3. The van der Waals surface area contributed by atoms with Crippen LogP contribution in [0.3, 0.4) is 0 Å². The van der Waals surface area contributed by atoms with Crippen molar-refractivity contribution >= 4 is 33.6 Å². The minimum Gasteiger partial charge on any atom is -0.497 e. The summed E-state index contributed by atoms with van der Waals surface area (Å²) in [6, 6.07) is 16.1. The number of fused-ring (bicyclic) bond motifs is 1. The van der Waals surface area contributed by atoms with E-state index in [9.17, 15) is 22.8 Å². The van der Waals surface area contributed by atoms with Gasteiger partial charge in [0.15, 0.2) is 0 Å². The minimum atomic E-state index is -4.29. The fourth-order valence-electron chi connectivity index (χ4n) is 3.77. The molecule has 0 atom stereocenters. The van der Waals surface area contributed by atoms with Gasteiger partial charge in [0, 0.05) is 19.2 Å². The first-order chi connectivity index (χ1) is 17.1. The van der Waals surface area contributed by atoms with E-state index >= 15 is 0 Å². The van der Waals surface area contributed by atoms with Crippen molar-refractivity contribution in [3.8, 4) is 5.75 Å². The molecular weight excluding hydrogens is 486 g/mol. The molecule has 2 N–H and O–H groups in total. The highest BCUT2D eigenvalue weighted by Crippen LogP contribution is 2.35. The Balaban J connectivity index is 1.59. The third-order valence-corrected chi connectivity index (χ3v) is 7.51. The number of carboxylic acid groups (broad SMARTS) is 1. The average molecular weight is 510 g/mol. The summed E-state index contributed by atoms with van der Waals surface area (Å²) in [6.07, 6.45) is 0. The van der Waals surface area contributed by atoms with Gasteiger partial charge in [-0.15, -0.1) is 0 Å². The molecule has 0 aliphatic carbocycles. The van der Waals surface area contributed by atoms with E-state index in [0.29, 0.717) is 15.6 Å². The molecule has 0 bridgehead atoms. The number of urea groups is 1. The second kappa shape index (κ2) is 9.70.